The van der Waals surface area contributed by atoms with Gasteiger partial charge < -0.3 is 0 Å². The van der Waals surface area contributed by atoms with Crippen molar-refractivity contribution in [2.75, 3.05) is 0 Å². The lowest BCUT2D eigenvalue weighted by atomic mass is 9.79. The van der Waals surface area contributed by atoms with E-state index in [0.29, 0.717) is 0 Å². The van der Waals surface area contributed by atoms with Crippen LogP contribution < -0.4 is 0 Å². The predicted octanol–water partition coefficient (Wildman–Crippen LogP) is 16.9. The fourth-order valence-corrected chi connectivity index (χ4v) is 10.8. The van der Waals surface area contributed by atoms with E-state index in [2.05, 4.69) is 234 Å². The smallest absolute Gasteiger partial charge is 0.0159 e. The SMILES string of the molecule is CC1(C)c2cc(-c3ccc4c(c3)C(C)(C)c3cc(-c5cc6ccccc6cc5-c5ccccc5)ccc3-4)ccc2-c2ccc(-c3cc4ccccc4cc3-c3ccccc3)cc21. The third kappa shape index (κ3) is 5.60. The highest BCUT2D eigenvalue weighted by Crippen LogP contribution is 2.54. The Morgan fingerprint density at radius 1 is 0.210 bits per heavy atom. The first kappa shape index (κ1) is 36.6. The van der Waals surface area contributed by atoms with Gasteiger partial charge in [0.2, 0.25) is 0 Å². The molecule has 2 aliphatic carbocycles. The van der Waals surface area contributed by atoms with Crippen LogP contribution in [0.3, 0.4) is 0 Å². The molecule has 0 fully saturated rings. The third-order valence-electron chi connectivity index (χ3n) is 14.2. The van der Waals surface area contributed by atoms with Crippen LogP contribution in [-0.4, -0.2) is 0 Å². The summed E-state index contributed by atoms with van der Waals surface area (Å²) in [6.45, 7) is 9.62. The minimum atomic E-state index is -0.162. The van der Waals surface area contributed by atoms with Gasteiger partial charge in [0.15, 0.2) is 0 Å². The molecule has 2 aliphatic rings. The van der Waals surface area contributed by atoms with E-state index < -0.39 is 0 Å². The maximum absolute atomic E-state index is 2.47. The largest absolute Gasteiger partial charge is 0.0622 e. The molecule has 0 spiro atoms. The van der Waals surface area contributed by atoms with Crippen LogP contribution in [-0.2, 0) is 10.8 Å². The second-order valence-corrected chi connectivity index (χ2v) is 18.5. The molecule has 0 heteroatoms. The van der Waals surface area contributed by atoms with Crippen LogP contribution in [0.1, 0.15) is 49.9 Å². The molecule has 0 nitrogen and oxygen atoms in total. The summed E-state index contributed by atoms with van der Waals surface area (Å²) in [5.74, 6) is 0. The van der Waals surface area contributed by atoms with Gasteiger partial charge in [-0.3, -0.25) is 0 Å². The number of hydrogen-bond acceptors (Lipinski definition) is 0. The van der Waals surface area contributed by atoms with Crippen LogP contribution >= 0.6 is 0 Å². The maximum atomic E-state index is 2.47. The van der Waals surface area contributed by atoms with Gasteiger partial charge in [-0.05, 0) is 170 Å². The van der Waals surface area contributed by atoms with Crippen molar-refractivity contribution in [2.24, 2.45) is 0 Å². The molecule has 0 heterocycles. The molecule has 0 aromatic heterocycles. The minimum Gasteiger partial charge on any atom is -0.0622 e. The summed E-state index contributed by atoms with van der Waals surface area (Å²) in [6.07, 6.45) is 0. The molecule has 0 atom stereocenters. The Morgan fingerprint density at radius 3 is 0.790 bits per heavy atom. The van der Waals surface area contributed by atoms with E-state index in [1.807, 2.05) is 0 Å². The van der Waals surface area contributed by atoms with E-state index >= 15 is 0 Å². The van der Waals surface area contributed by atoms with Crippen molar-refractivity contribution in [2.45, 2.75) is 38.5 Å². The molecule has 0 unspecified atom stereocenters. The summed E-state index contributed by atoms with van der Waals surface area (Å²) in [5, 5.41) is 5.05. The lowest BCUT2D eigenvalue weighted by Gasteiger charge is -2.24. The first-order chi connectivity index (χ1) is 30.2. The maximum Gasteiger partial charge on any atom is 0.0159 e. The second-order valence-electron chi connectivity index (χ2n) is 18.5. The average Bonchev–Trinajstić information content (AvgIpc) is 3.69. The van der Waals surface area contributed by atoms with Crippen molar-refractivity contribution in [3.05, 3.63) is 229 Å². The van der Waals surface area contributed by atoms with E-state index in [-0.39, 0.29) is 10.8 Å². The minimum absolute atomic E-state index is 0.162. The lowest BCUT2D eigenvalue weighted by molar-refractivity contribution is 0.660. The molecule has 12 rings (SSSR count). The van der Waals surface area contributed by atoms with Crippen LogP contribution in [0.25, 0.3) is 99.4 Å². The predicted molar refractivity (Wildman–Crippen MR) is 264 cm³/mol. The summed E-state index contributed by atoms with van der Waals surface area (Å²) in [6, 6.07) is 77.3. The fraction of sp³-hybridized carbons (Fsp3) is 0.0968. The van der Waals surface area contributed by atoms with Crippen molar-refractivity contribution in [3.8, 4) is 77.9 Å². The Morgan fingerprint density at radius 2 is 0.468 bits per heavy atom. The van der Waals surface area contributed by atoms with Gasteiger partial charge in [-0.2, -0.15) is 0 Å². The standard InChI is InChI=1S/C62H46/c1-61(2)57-35-45(23-27-49(57)51-29-25-47(37-59(51)61)55-33-43-21-13-11-19-41(43)31-53(55)39-15-7-5-8-16-39)46-24-28-50-52-30-26-48(38-60(52)62(3,4)58(50)36-46)56-34-44-22-14-12-20-42(44)32-54(56)40-17-9-6-10-18-40/h5-38H,1-4H3. The van der Waals surface area contributed by atoms with Gasteiger partial charge in [-0.1, -0.05) is 185 Å². The Balaban J connectivity index is 0.907. The van der Waals surface area contributed by atoms with Crippen molar-refractivity contribution < 1.29 is 0 Å². The van der Waals surface area contributed by atoms with Crippen molar-refractivity contribution in [3.63, 3.8) is 0 Å². The Kier molecular flexibility index (Phi) is 8.03. The summed E-state index contributed by atoms with van der Waals surface area (Å²) in [5.41, 5.74) is 23.2. The summed E-state index contributed by atoms with van der Waals surface area (Å²) in [7, 11) is 0. The fourth-order valence-electron chi connectivity index (χ4n) is 10.8. The van der Waals surface area contributed by atoms with Crippen molar-refractivity contribution >= 4 is 21.5 Å². The highest BCUT2D eigenvalue weighted by atomic mass is 14.4. The molecule has 0 saturated heterocycles. The molecule has 10 aromatic rings. The van der Waals surface area contributed by atoms with Crippen LogP contribution in [0, 0.1) is 0 Å². The molecule has 294 valence electrons. The quantitative estimate of drug-likeness (QED) is 0.163. The number of rotatable bonds is 5. The molecule has 62 heavy (non-hydrogen) atoms. The Bertz CT molecular complexity index is 3200. The normalized spacial score (nSPS) is 14.1. The van der Waals surface area contributed by atoms with E-state index in [0.717, 1.165) is 0 Å². The van der Waals surface area contributed by atoms with Crippen molar-refractivity contribution in [1.82, 2.24) is 0 Å². The number of hydrogen-bond donors (Lipinski definition) is 0. The van der Waals surface area contributed by atoms with E-state index in [1.54, 1.807) is 0 Å². The van der Waals surface area contributed by atoms with E-state index in [4.69, 9.17) is 0 Å². The van der Waals surface area contributed by atoms with Gasteiger partial charge in [0, 0.05) is 10.8 Å². The zero-order chi connectivity index (χ0) is 41.7. The monoisotopic (exact) mass is 790 g/mol. The summed E-state index contributed by atoms with van der Waals surface area (Å²) < 4.78 is 0. The first-order valence-electron chi connectivity index (χ1n) is 22.0. The van der Waals surface area contributed by atoms with Crippen LogP contribution in [0.15, 0.2) is 206 Å². The summed E-state index contributed by atoms with van der Waals surface area (Å²) in [4.78, 5) is 0. The van der Waals surface area contributed by atoms with Crippen molar-refractivity contribution in [1.29, 1.82) is 0 Å². The van der Waals surface area contributed by atoms with Crippen LogP contribution in [0.5, 0.6) is 0 Å². The second kappa shape index (κ2) is 13.6. The highest BCUT2D eigenvalue weighted by Gasteiger charge is 2.38. The Hall–Kier alpha value is -7.28. The third-order valence-corrected chi connectivity index (χ3v) is 14.2. The topological polar surface area (TPSA) is 0 Å². The van der Waals surface area contributed by atoms with Gasteiger partial charge >= 0.3 is 0 Å². The molecule has 0 saturated carbocycles. The lowest BCUT2D eigenvalue weighted by Crippen LogP contribution is -2.15. The Labute approximate surface area is 364 Å². The molecule has 0 amide bonds. The van der Waals surface area contributed by atoms with E-state index in [9.17, 15) is 0 Å². The number of benzene rings is 10. The molecule has 0 N–H and O–H groups in total. The highest BCUT2D eigenvalue weighted by molar-refractivity contribution is 5.99. The average molecular weight is 791 g/mol. The van der Waals surface area contributed by atoms with Gasteiger partial charge in [-0.25, -0.2) is 0 Å². The van der Waals surface area contributed by atoms with Crippen LogP contribution in [0.4, 0.5) is 0 Å². The molecule has 0 aliphatic heterocycles. The zero-order valence-electron chi connectivity index (χ0n) is 35.6. The molecular formula is C62H46. The van der Waals surface area contributed by atoms with Gasteiger partial charge in [0.05, 0.1) is 0 Å². The van der Waals surface area contributed by atoms with E-state index in [1.165, 1.54) is 122 Å². The molecule has 0 bridgehead atoms. The molecular weight excluding hydrogens is 745 g/mol. The molecule has 10 aromatic carbocycles. The number of fused-ring (bicyclic) bond motifs is 8. The summed E-state index contributed by atoms with van der Waals surface area (Å²) >= 11 is 0. The van der Waals surface area contributed by atoms with Gasteiger partial charge in [0.25, 0.3) is 0 Å². The molecule has 0 radical (unpaired) electrons. The zero-order valence-corrected chi connectivity index (χ0v) is 35.6. The first-order valence-corrected chi connectivity index (χ1v) is 22.0. The van der Waals surface area contributed by atoms with Gasteiger partial charge in [0.1, 0.15) is 0 Å². The van der Waals surface area contributed by atoms with Gasteiger partial charge in [-0.15, -0.1) is 0 Å². The van der Waals surface area contributed by atoms with Crippen LogP contribution in [0.2, 0.25) is 0 Å².